The number of aromatic nitrogens is 4. The molecule has 4 rings (SSSR count). The van der Waals surface area contributed by atoms with E-state index >= 15 is 0 Å². The van der Waals surface area contributed by atoms with Crippen molar-refractivity contribution in [3.8, 4) is 5.69 Å². The van der Waals surface area contributed by atoms with Gasteiger partial charge in [0.2, 0.25) is 10.0 Å². The van der Waals surface area contributed by atoms with Gasteiger partial charge in [-0.2, -0.15) is 9.40 Å². The molecule has 9 nitrogen and oxygen atoms in total. The molecule has 1 aromatic carbocycles. The lowest BCUT2D eigenvalue weighted by molar-refractivity contribution is 0.310. The summed E-state index contributed by atoms with van der Waals surface area (Å²) in [6, 6.07) is 9.37. The average molecular weight is 417 g/mol. The number of para-hydroxylation sites is 1. The third-order valence-electron chi connectivity index (χ3n) is 5.35. The molecular formula is C19H23N5O4S. The van der Waals surface area contributed by atoms with E-state index < -0.39 is 10.0 Å². The molecule has 0 amide bonds. The first-order chi connectivity index (χ1) is 13.8. The highest BCUT2D eigenvalue weighted by Crippen LogP contribution is 2.32. The highest BCUT2D eigenvalue weighted by Gasteiger charge is 2.35. The van der Waals surface area contributed by atoms with Crippen molar-refractivity contribution in [3.05, 3.63) is 58.1 Å². The van der Waals surface area contributed by atoms with Crippen molar-refractivity contribution in [2.45, 2.75) is 37.5 Å². The molecule has 1 aliphatic heterocycles. The maximum Gasteiger partial charge on any atom is 0.350 e. The fraction of sp³-hybridized carbons (Fsp3) is 0.421. The predicted molar refractivity (Wildman–Crippen MR) is 106 cm³/mol. The van der Waals surface area contributed by atoms with Gasteiger partial charge in [0.05, 0.1) is 5.69 Å². The minimum Gasteiger partial charge on any atom is -0.360 e. The number of sulfonamides is 1. The van der Waals surface area contributed by atoms with Gasteiger partial charge < -0.3 is 4.52 Å². The topological polar surface area (TPSA) is 103 Å². The molecule has 0 radical (unpaired) electrons. The van der Waals surface area contributed by atoms with E-state index in [0.717, 1.165) is 5.69 Å². The molecule has 1 fully saturated rings. The van der Waals surface area contributed by atoms with Crippen molar-refractivity contribution in [2.24, 2.45) is 7.05 Å². The van der Waals surface area contributed by atoms with E-state index in [4.69, 9.17) is 4.52 Å². The van der Waals surface area contributed by atoms with E-state index in [-0.39, 0.29) is 16.5 Å². The Hall–Kier alpha value is -2.72. The Morgan fingerprint density at radius 1 is 1.10 bits per heavy atom. The van der Waals surface area contributed by atoms with E-state index in [0.29, 0.717) is 43.2 Å². The first kappa shape index (κ1) is 19.6. The molecule has 0 bridgehead atoms. The second kappa shape index (κ2) is 7.27. The van der Waals surface area contributed by atoms with Crippen LogP contribution in [-0.2, 0) is 17.1 Å². The first-order valence-corrected chi connectivity index (χ1v) is 10.9. The van der Waals surface area contributed by atoms with Crippen molar-refractivity contribution in [1.29, 1.82) is 0 Å². The van der Waals surface area contributed by atoms with Crippen LogP contribution in [0.5, 0.6) is 0 Å². The third-order valence-corrected chi connectivity index (χ3v) is 7.49. The van der Waals surface area contributed by atoms with E-state index in [2.05, 4.69) is 10.3 Å². The Kier molecular flexibility index (Phi) is 4.91. The molecule has 29 heavy (non-hydrogen) atoms. The number of hydrogen-bond donors (Lipinski definition) is 0. The van der Waals surface area contributed by atoms with Crippen LogP contribution in [0, 0.1) is 13.8 Å². The minimum absolute atomic E-state index is 0.0137. The SMILES string of the molecule is Cc1noc(C)c1S(=O)(=O)N1CCC(c2nn(C)c(=O)n2-c2ccccc2)CC1. The summed E-state index contributed by atoms with van der Waals surface area (Å²) in [7, 11) is -2.04. The Morgan fingerprint density at radius 2 is 1.76 bits per heavy atom. The number of aryl methyl sites for hydroxylation is 3. The Morgan fingerprint density at radius 3 is 2.34 bits per heavy atom. The number of piperidine rings is 1. The molecule has 0 spiro atoms. The predicted octanol–water partition coefficient (Wildman–Crippen LogP) is 1.74. The maximum absolute atomic E-state index is 13.0. The van der Waals surface area contributed by atoms with Crippen LogP contribution in [-0.4, -0.2) is 45.3 Å². The summed E-state index contributed by atoms with van der Waals surface area (Å²) in [6.07, 6.45) is 1.15. The summed E-state index contributed by atoms with van der Waals surface area (Å²) in [4.78, 5) is 12.8. The molecule has 1 saturated heterocycles. The van der Waals surface area contributed by atoms with Crippen LogP contribution >= 0.6 is 0 Å². The second-order valence-corrected chi connectivity index (χ2v) is 9.14. The van der Waals surface area contributed by atoms with Gasteiger partial charge in [-0.25, -0.2) is 22.5 Å². The Labute approximate surface area is 168 Å². The molecule has 154 valence electrons. The highest BCUT2D eigenvalue weighted by atomic mass is 32.2. The summed E-state index contributed by atoms with van der Waals surface area (Å²) in [5.41, 5.74) is 0.913. The van der Waals surface area contributed by atoms with Crippen molar-refractivity contribution < 1.29 is 12.9 Å². The summed E-state index contributed by atoms with van der Waals surface area (Å²) < 4.78 is 35.5. The maximum atomic E-state index is 13.0. The normalized spacial score (nSPS) is 16.4. The molecular weight excluding hydrogens is 394 g/mol. The third kappa shape index (κ3) is 3.32. The van der Waals surface area contributed by atoms with Gasteiger partial charge in [0.1, 0.15) is 16.4 Å². The molecule has 10 heteroatoms. The second-order valence-electron chi connectivity index (χ2n) is 7.27. The van der Waals surface area contributed by atoms with E-state index in [9.17, 15) is 13.2 Å². The van der Waals surface area contributed by atoms with Crippen molar-refractivity contribution >= 4 is 10.0 Å². The van der Waals surface area contributed by atoms with Crippen LogP contribution < -0.4 is 5.69 Å². The molecule has 1 aliphatic rings. The van der Waals surface area contributed by atoms with Crippen LogP contribution in [0.25, 0.3) is 5.69 Å². The molecule has 2 aromatic heterocycles. The van der Waals surface area contributed by atoms with Gasteiger partial charge in [0.25, 0.3) is 0 Å². The zero-order chi connectivity index (χ0) is 20.8. The molecule has 3 heterocycles. The summed E-state index contributed by atoms with van der Waals surface area (Å²) in [5.74, 6) is 0.950. The molecule has 0 unspecified atom stereocenters. The fourth-order valence-corrected chi connectivity index (χ4v) is 5.66. The summed E-state index contributed by atoms with van der Waals surface area (Å²) in [6.45, 7) is 3.92. The molecule has 3 aromatic rings. The van der Waals surface area contributed by atoms with Gasteiger partial charge in [-0.15, -0.1) is 0 Å². The largest absolute Gasteiger partial charge is 0.360 e. The standard InChI is InChI=1S/C19H23N5O4S/c1-13-17(14(2)28-21-13)29(26,27)23-11-9-15(10-12-23)18-20-22(3)19(25)24(18)16-7-5-4-6-8-16/h4-8,15H,9-12H2,1-3H3. The highest BCUT2D eigenvalue weighted by molar-refractivity contribution is 7.89. The van der Waals surface area contributed by atoms with Crippen LogP contribution in [0.4, 0.5) is 0 Å². The molecule has 0 saturated carbocycles. The smallest absolute Gasteiger partial charge is 0.350 e. The average Bonchev–Trinajstić information content (AvgIpc) is 3.21. The van der Waals surface area contributed by atoms with Gasteiger partial charge in [-0.05, 0) is 38.8 Å². The van der Waals surface area contributed by atoms with Crippen molar-refractivity contribution in [3.63, 3.8) is 0 Å². The van der Waals surface area contributed by atoms with Crippen LogP contribution in [0.2, 0.25) is 0 Å². The number of nitrogens with zero attached hydrogens (tertiary/aromatic N) is 5. The monoisotopic (exact) mass is 417 g/mol. The Bertz CT molecular complexity index is 1170. The van der Waals surface area contributed by atoms with Crippen molar-refractivity contribution in [2.75, 3.05) is 13.1 Å². The van der Waals surface area contributed by atoms with Gasteiger partial charge in [-0.3, -0.25) is 0 Å². The quantitative estimate of drug-likeness (QED) is 0.641. The number of rotatable bonds is 4. The van der Waals surface area contributed by atoms with Gasteiger partial charge in [0, 0.05) is 26.1 Å². The van der Waals surface area contributed by atoms with Crippen molar-refractivity contribution in [1.82, 2.24) is 23.8 Å². The van der Waals surface area contributed by atoms with Crippen LogP contribution in [0.3, 0.4) is 0 Å². The molecule has 0 aliphatic carbocycles. The number of benzene rings is 1. The van der Waals surface area contributed by atoms with Crippen LogP contribution in [0.1, 0.15) is 36.0 Å². The van der Waals surface area contributed by atoms with Gasteiger partial charge >= 0.3 is 5.69 Å². The molecule has 0 atom stereocenters. The van der Waals surface area contributed by atoms with E-state index in [1.807, 2.05) is 30.3 Å². The first-order valence-electron chi connectivity index (χ1n) is 9.45. The van der Waals surface area contributed by atoms with E-state index in [1.165, 1.54) is 8.99 Å². The van der Waals surface area contributed by atoms with Crippen LogP contribution in [0.15, 0.2) is 44.5 Å². The molecule has 0 N–H and O–H groups in total. The summed E-state index contributed by atoms with van der Waals surface area (Å²) >= 11 is 0. The zero-order valence-corrected chi connectivity index (χ0v) is 17.4. The lowest BCUT2D eigenvalue weighted by Gasteiger charge is -2.30. The Balaban J connectivity index is 1.60. The number of hydrogen-bond acceptors (Lipinski definition) is 6. The lowest BCUT2D eigenvalue weighted by Crippen LogP contribution is -2.38. The summed E-state index contributed by atoms with van der Waals surface area (Å²) in [5, 5.41) is 8.22. The zero-order valence-electron chi connectivity index (χ0n) is 16.6. The fourth-order valence-electron chi connectivity index (χ4n) is 3.89. The van der Waals surface area contributed by atoms with Gasteiger partial charge in [0.15, 0.2) is 5.76 Å². The minimum atomic E-state index is -3.67. The lowest BCUT2D eigenvalue weighted by atomic mass is 9.97. The van der Waals surface area contributed by atoms with Gasteiger partial charge in [-0.1, -0.05) is 23.4 Å². The van der Waals surface area contributed by atoms with E-state index in [1.54, 1.807) is 25.5 Å².